The molecule has 0 spiro atoms. The minimum absolute atomic E-state index is 0.293. The SMILES string of the molecule is COc1cnc(Cl)cc1-c1cc(C)ncc1C(=O)Nc1nnc(OCCC2CCNC2)s1. The van der Waals surface area contributed by atoms with E-state index in [-0.39, 0.29) is 5.91 Å². The highest BCUT2D eigenvalue weighted by atomic mass is 35.5. The van der Waals surface area contributed by atoms with Crippen molar-refractivity contribution >= 4 is 34.0 Å². The van der Waals surface area contributed by atoms with Gasteiger partial charge in [0, 0.05) is 23.0 Å². The van der Waals surface area contributed by atoms with E-state index in [1.54, 1.807) is 12.1 Å². The number of rotatable bonds is 8. The maximum atomic E-state index is 13.1. The van der Waals surface area contributed by atoms with Crippen LogP contribution in [0, 0.1) is 12.8 Å². The number of carbonyl (C=O) groups is 1. The molecule has 4 rings (SSSR count). The molecule has 11 heteroatoms. The van der Waals surface area contributed by atoms with E-state index in [1.807, 2.05) is 6.92 Å². The number of hydrogen-bond acceptors (Lipinski definition) is 9. The predicted octanol–water partition coefficient (Wildman–Crippen LogP) is 3.60. The van der Waals surface area contributed by atoms with Crippen LogP contribution in [0.1, 0.15) is 28.9 Å². The highest BCUT2D eigenvalue weighted by molar-refractivity contribution is 7.17. The maximum Gasteiger partial charge on any atom is 0.295 e. The standard InChI is InChI=1S/C21H23ClN6O3S/c1-12-7-14(15-8-18(22)25-11-17(15)30-2)16(10-24-12)19(29)26-20-27-28-21(32-20)31-6-4-13-3-5-23-9-13/h7-8,10-11,13,23H,3-6,9H2,1-2H3,(H,26,27,29). The van der Waals surface area contributed by atoms with E-state index < -0.39 is 0 Å². The van der Waals surface area contributed by atoms with Gasteiger partial charge in [-0.2, -0.15) is 0 Å². The number of halogens is 1. The Kier molecular flexibility index (Phi) is 7.13. The first-order valence-corrected chi connectivity index (χ1v) is 11.4. The lowest BCUT2D eigenvalue weighted by molar-refractivity contribution is 0.102. The number of carbonyl (C=O) groups excluding carboxylic acids is 1. The Labute approximate surface area is 194 Å². The van der Waals surface area contributed by atoms with Crippen molar-refractivity contribution < 1.29 is 14.3 Å². The second kappa shape index (κ2) is 10.2. The van der Waals surface area contributed by atoms with Crippen LogP contribution < -0.4 is 20.1 Å². The molecule has 1 atom stereocenters. The summed E-state index contributed by atoms with van der Waals surface area (Å²) >= 11 is 7.28. The molecule has 1 aliphatic rings. The van der Waals surface area contributed by atoms with Crippen LogP contribution in [0.15, 0.2) is 24.5 Å². The van der Waals surface area contributed by atoms with Gasteiger partial charge in [-0.1, -0.05) is 16.7 Å². The van der Waals surface area contributed by atoms with Gasteiger partial charge in [-0.15, -0.1) is 5.10 Å². The molecule has 0 aliphatic carbocycles. The normalized spacial score (nSPS) is 15.5. The molecule has 0 radical (unpaired) electrons. The van der Waals surface area contributed by atoms with Gasteiger partial charge in [0.25, 0.3) is 11.1 Å². The van der Waals surface area contributed by atoms with Crippen LogP contribution in [-0.4, -0.2) is 52.9 Å². The summed E-state index contributed by atoms with van der Waals surface area (Å²) in [6.07, 6.45) is 5.16. The van der Waals surface area contributed by atoms with Crippen LogP contribution in [0.3, 0.4) is 0 Å². The van der Waals surface area contributed by atoms with Crippen LogP contribution in [-0.2, 0) is 0 Å². The van der Waals surface area contributed by atoms with Crippen molar-refractivity contribution in [2.75, 3.05) is 32.1 Å². The van der Waals surface area contributed by atoms with E-state index >= 15 is 0 Å². The summed E-state index contributed by atoms with van der Waals surface area (Å²) in [5, 5.41) is 15.2. The van der Waals surface area contributed by atoms with Crippen molar-refractivity contribution in [3.63, 3.8) is 0 Å². The number of nitrogens with one attached hydrogen (secondary N) is 2. The van der Waals surface area contributed by atoms with Gasteiger partial charge in [-0.25, -0.2) is 4.98 Å². The smallest absolute Gasteiger partial charge is 0.295 e. The summed E-state index contributed by atoms with van der Waals surface area (Å²) in [7, 11) is 1.54. The Morgan fingerprint density at radius 2 is 2.16 bits per heavy atom. The van der Waals surface area contributed by atoms with E-state index in [2.05, 4.69) is 30.8 Å². The van der Waals surface area contributed by atoms with Crippen molar-refractivity contribution in [2.45, 2.75) is 19.8 Å². The molecular weight excluding hydrogens is 452 g/mol. The lowest BCUT2D eigenvalue weighted by Crippen LogP contribution is -2.14. The van der Waals surface area contributed by atoms with Crippen LogP contribution >= 0.6 is 22.9 Å². The van der Waals surface area contributed by atoms with E-state index in [0.29, 0.717) is 50.4 Å². The Hall–Kier alpha value is -2.82. The van der Waals surface area contributed by atoms with Crippen molar-refractivity contribution in [2.24, 2.45) is 5.92 Å². The molecule has 0 aromatic carbocycles. The molecule has 9 nitrogen and oxygen atoms in total. The largest absolute Gasteiger partial charge is 0.494 e. The van der Waals surface area contributed by atoms with Gasteiger partial charge < -0.3 is 14.8 Å². The topological polar surface area (TPSA) is 111 Å². The fourth-order valence-electron chi connectivity index (χ4n) is 3.51. The molecule has 0 saturated carbocycles. The molecule has 4 heterocycles. The average Bonchev–Trinajstić information content (AvgIpc) is 3.46. The first-order valence-electron chi connectivity index (χ1n) is 10.2. The minimum Gasteiger partial charge on any atom is -0.494 e. The van der Waals surface area contributed by atoms with E-state index in [4.69, 9.17) is 21.1 Å². The molecule has 0 bridgehead atoms. The fraction of sp³-hybridized carbons (Fsp3) is 0.381. The zero-order valence-corrected chi connectivity index (χ0v) is 19.3. The van der Waals surface area contributed by atoms with Gasteiger partial charge in [0.2, 0.25) is 5.13 Å². The predicted molar refractivity (Wildman–Crippen MR) is 123 cm³/mol. The summed E-state index contributed by atoms with van der Waals surface area (Å²) in [4.78, 5) is 21.4. The zero-order valence-electron chi connectivity index (χ0n) is 17.7. The molecule has 32 heavy (non-hydrogen) atoms. The first-order chi connectivity index (χ1) is 15.5. The highest BCUT2D eigenvalue weighted by Gasteiger charge is 2.20. The van der Waals surface area contributed by atoms with Crippen LogP contribution in [0.25, 0.3) is 11.1 Å². The van der Waals surface area contributed by atoms with Crippen LogP contribution in [0.4, 0.5) is 5.13 Å². The number of amides is 1. The molecule has 1 unspecified atom stereocenters. The van der Waals surface area contributed by atoms with E-state index in [0.717, 1.165) is 25.2 Å². The van der Waals surface area contributed by atoms with Gasteiger partial charge in [0.1, 0.15) is 10.9 Å². The number of aryl methyl sites for hydroxylation is 1. The summed E-state index contributed by atoms with van der Waals surface area (Å²) in [5.74, 6) is 0.758. The number of nitrogens with zero attached hydrogens (tertiary/aromatic N) is 4. The first kappa shape index (κ1) is 22.4. The lowest BCUT2D eigenvalue weighted by Gasteiger charge is -2.13. The highest BCUT2D eigenvalue weighted by Crippen LogP contribution is 2.34. The summed E-state index contributed by atoms with van der Waals surface area (Å²) < 4.78 is 11.1. The van der Waals surface area contributed by atoms with E-state index in [9.17, 15) is 4.79 Å². The lowest BCUT2D eigenvalue weighted by atomic mass is 10.0. The zero-order chi connectivity index (χ0) is 22.5. The molecule has 3 aromatic rings. The number of ether oxygens (including phenoxy) is 2. The molecule has 1 saturated heterocycles. The molecule has 1 fully saturated rings. The summed E-state index contributed by atoms with van der Waals surface area (Å²) in [6, 6.07) is 3.46. The average molecular weight is 475 g/mol. The summed E-state index contributed by atoms with van der Waals surface area (Å²) in [6.45, 7) is 4.51. The Morgan fingerprint density at radius 3 is 2.94 bits per heavy atom. The minimum atomic E-state index is -0.373. The van der Waals surface area contributed by atoms with Crippen molar-refractivity contribution in [1.29, 1.82) is 0 Å². The van der Waals surface area contributed by atoms with Crippen LogP contribution in [0.5, 0.6) is 10.9 Å². The fourth-order valence-corrected chi connectivity index (χ4v) is 4.28. The van der Waals surface area contributed by atoms with Gasteiger partial charge in [-0.05, 0) is 62.2 Å². The maximum absolute atomic E-state index is 13.1. The third-order valence-corrected chi connectivity index (χ3v) is 6.13. The Bertz CT molecular complexity index is 1100. The Balaban J connectivity index is 1.48. The van der Waals surface area contributed by atoms with Gasteiger partial charge >= 0.3 is 0 Å². The summed E-state index contributed by atoms with van der Waals surface area (Å²) in [5.41, 5.74) is 2.37. The van der Waals surface area contributed by atoms with Crippen molar-refractivity contribution in [3.05, 3.63) is 40.9 Å². The number of hydrogen-bond donors (Lipinski definition) is 2. The van der Waals surface area contributed by atoms with Crippen molar-refractivity contribution in [1.82, 2.24) is 25.5 Å². The monoisotopic (exact) mass is 474 g/mol. The van der Waals surface area contributed by atoms with Crippen LogP contribution in [0.2, 0.25) is 5.15 Å². The van der Waals surface area contributed by atoms with Gasteiger partial charge in [0.15, 0.2) is 0 Å². The molecule has 168 valence electrons. The number of pyridine rings is 2. The molecule has 3 aromatic heterocycles. The Morgan fingerprint density at radius 1 is 1.28 bits per heavy atom. The number of methoxy groups -OCH3 is 1. The number of aromatic nitrogens is 4. The second-order valence-corrected chi connectivity index (χ2v) is 8.73. The van der Waals surface area contributed by atoms with E-state index in [1.165, 1.54) is 37.3 Å². The van der Waals surface area contributed by atoms with Gasteiger partial charge in [-0.3, -0.25) is 15.1 Å². The van der Waals surface area contributed by atoms with Gasteiger partial charge in [0.05, 0.1) is 25.5 Å². The quantitative estimate of drug-likeness (QED) is 0.476. The third-order valence-electron chi connectivity index (χ3n) is 5.17. The molecular formula is C21H23ClN6O3S. The number of anilines is 1. The molecule has 1 amide bonds. The third kappa shape index (κ3) is 5.32. The van der Waals surface area contributed by atoms with Crippen molar-refractivity contribution in [3.8, 4) is 22.1 Å². The second-order valence-electron chi connectivity index (χ2n) is 7.40. The molecule has 1 aliphatic heterocycles. The molecule has 2 N–H and O–H groups in total.